The third-order valence-corrected chi connectivity index (χ3v) is 5.49. The fourth-order valence-electron chi connectivity index (χ4n) is 3.35. The first-order valence-corrected chi connectivity index (χ1v) is 9.22. The van der Waals surface area contributed by atoms with Gasteiger partial charge in [0.15, 0.2) is 0 Å². The topological polar surface area (TPSA) is 67.2 Å². The number of carbonyl (C=O) groups is 1. The Hall–Kier alpha value is -2.81. The molecule has 0 N–H and O–H groups in total. The van der Waals surface area contributed by atoms with Gasteiger partial charge in [-0.15, -0.1) is 11.3 Å². The lowest BCUT2D eigenvalue weighted by atomic mass is 10.2. The molecule has 0 bridgehead atoms. The van der Waals surface area contributed by atoms with Crippen molar-refractivity contribution >= 4 is 28.2 Å². The number of thiazole rings is 1. The number of aromatic nitrogens is 4. The highest BCUT2D eigenvalue weighted by molar-refractivity contribution is 7.14. The van der Waals surface area contributed by atoms with Crippen molar-refractivity contribution in [3.05, 3.63) is 41.8 Å². The monoisotopic (exact) mass is 370 g/mol. The fourth-order valence-corrected chi connectivity index (χ4v) is 3.97. The van der Waals surface area contributed by atoms with Gasteiger partial charge >= 0.3 is 6.03 Å². The maximum Gasteiger partial charge on any atom is 0.350 e. The molecule has 1 atom stereocenters. The summed E-state index contributed by atoms with van der Waals surface area (Å²) in [5, 5.41) is 5.25. The molecule has 1 fully saturated rings. The SMILES string of the molecule is O=C1N(c2cncs2)Cc2cc(-c3ccc(N4CC[C@H](F)C4)nc3)nn21. The minimum atomic E-state index is -0.778. The molecule has 2 aliphatic heterocycles. The van der Waals surface area contributed by atoms with E-state index >= 15 is 0 Å². The zero-order valence-electron chi connectivity index (χ0n) is 13.7. The molecule has 132 valence electrons. The lowest BCUT2D eigenvalue weighted by molar-refractivity contribution is 0.248. The van der Waals surface area contributed by atoms with Crippen LogP contribution in [0.25, 0.3) is 11.3 Å². The van der Waals surface area contributed by atoms with Crippen molar-refractivity contribution in [1.82, 2.24) is 19.7 Å². The van der Waals surface area contributed by atoms with E-state index in [4.69, 9.17) is 0 Å². The number of halogens is 1. The molecule has 1 saturated heterocycles. The summed E-state index contributed by atoms with van der Waals surface area (Å²) < 4.78 is 14.8. The van der Waals surface area contributed by atoms with Crippen molar-refractivity contribution in [2.24, 2.45) is 0 Å². The first-order valence-electron chi connectivity index (χ1n) is 8.34. The number of anilines is 2. The predicted molar refractivity (Wildman–Crippen MR) is 96.3 cm³/mol. The first-order chi connectivity index (χ1) is 12.7. The molecule has 0 aromatic carbocycles. The Labute approximate surface area is 152 Å². The minimum Gasteiger partial charge on any atom is -0.354 e. The van der Waals surface area contributed by atoms with Crippen molar-refractivity contribution in [3.8, 4) is 11.3 Å². The molecule has 0 unspecified atom stereocenters. The van der Waals surface area contributed by atoms with Crippen LogP contribution in [-0.2, 0) is 6.54 Å². The van der Waals surface area contributed by atoms with Crippen LogP contribution in [0.1, 0.15) is 12.1 Å². The molecule has 1 amide bonds. The average molecular weight is 370 g/mol. The van der Waals surface area contributed by atoms with E-state index < -0.39 is 6.17 Å². The van der Waals surface area contributed by atoms with E-state index in [-0.39, 0.29) is 6.03 Å². The molecule has 0 radical (unpaired) electrons. The van der Waals surface area contributed by atoms with Gasteiger partial charge in [-0.1, -0.05) is 0 Å². The van der Waals surface area contributed by atoms with Crippen LogP contribution in [0.2, 0.25) is 0 Å². The number of alkyl halides is 1. The lowest BCUT2D eigenvalue weighted by Crippen LogP contribution is -2.25. The van der Waals surface area contributed by atoms with Crippen LogP contribution in [0.4, 0.5) is 20.0 Å². The van der Waals surface area contributed by atoms with E-state index in [1.54, 1.807) is 22.8 Å². The second-order valence-corrected chi connectivity index (χ2v) is 7.24. The van der Waals surface area contributed by atoms with Gasteiger partial charge in [0.2, 0.25) is 0 Å². The summed E-state index contributed by atoms with van der Waals surface area (Å²) in [6.07, 6.45) is 3.18. The molecule has 5 rings (SSSR count). The van der Waals surface area contributed by atoms with Gasteiger partial charge in [-0.25, -0.2) is 14.2 Å². The van der Waals surface area contributed by atoms with Crippen molar-refractivity contribution < 1.29 is 9.18 Å². The summed E-state index contributed by atoms with van der Waals surface area (Å²) >= 11 is 1.42. The van der Waals surface area contributed by atoms with Crippen LogP contribution in [0.15, 0.2) is 36.1 Å². The van der Waals surface area contributed by atoms with Gasteiger partial charge in [-0.3, -0.25) is 9.88 Å². The average Bonchev–Trinajstić information content (AvgIpc) is 3.41. The number of hydrogen-bond acceptors (Lipinski definition) is 6. The molecule has 0 spiro atoms. The molecule has 3 aromatic rings. The number of rotatable bonds is 3. The Morgan fingerprint density at radius 3 is 2.85 bits per heavy atom. The fraction of sp³-hybridized carbons (Fsp3) is 0.294. The lowest BCUT2D eigenvalue weighted by Gasteiger charge is -2.16. The van der Waals surface area contributed by atoms with E-state index in [0.29, 0.717) is 31.7 Å². The normalized spacial score (nSPS) is 19.4. The maximum atomic E-state index is 13.3. The second kappa shape index (κ2) is 5.87. The van der Waals surface area contributed by atoms with E-state index in [1.807, 2.05) is 23.1 Å². The highest BCUT2D eigenvalue weighted by Gasteiger charge is 2.31. The summed E-state index contributed by atoms with van der Waals surface area (Å²) in [5.74, 6) is 0.771. The summed E-state index contributed by atoms with van der Waals surface area (Å²) in [4.78, 5) is 24.6. The highest BCUT2D eigenvalue weighted by Crippen LogP contribution is 2.30. The Balaban J connectivity index is 1.37. The largest absolute Gasteiger partial charge is 0.354 e. The summed E-state index contributed by atoms with van der Waals surface area (Å²) in [7, 11) is 0. The van der Waals surface area contributed by atoms with Crippen molar-refractivity contribution in [3.63, 3.8) is 0 Å². The predicted octanol–water partition coefficient (Wildman–Crippen LogP) is 2.94. The summed E-state index contributed by atoms with van der Waals surface area (Å²) in [6, 6.07) is 5.52. The standard InChI is InChI=1S/C17H15FN6OS/c18-12-3-4-22(8-12)15-2-1-11(6-20-15)14-5-13-9-23(16-7-19-10-26-16)17(25)24(13)21-14/h1-2,5-7,10,12H,3-4,8-9H2/t12-/m0/s1. The number of pyridine rings is 1. The molecular formula is C17H15FN6OS. The zero-order valence-corrected chi connectivity index (χ0v) is 14.6. The smallest absolute Gasteiger partial charge is 0.350 e. The first kappa shape index (κ1) is 15.4. The highest BCUT2D eigenvalue weighted by atomic mass is 32.1. The van der Waals surface area contributed by atoms with Crippen molar-refractivity contribution in [2.75, 3.05) is 22.9 Å². The van der Waals surface area contributed by atoms with Crippen LogP contribution < -0.4 is 9.80 Å². The molecule has 0 saturated carbocycles. The van der Waals surface area contributed by atoms with E-state index in [2.05, 4.69) is 15.1 Å². The Kier molecular flexibility index (Phi) is 3.49. The molecular weight excluding hydrogens is 355 g/mol. The number of nitrogens with zero attached hydrogens (tertiary/aromatic N) is 6. The molecule has 7 nitrogen and oxygen atoms in total. The number of hydrogen-bond donors (Lipinski definition) is 0. The molecule has 2 aliphatic rings. The number of carbonyl (C=O) groups excluding carboxylic acids is 1. The second-order valence-electron chi connectivity index (χ2n) is 6.38. The van der Waals surface area contributed by atoms with Crippen LogP contribution in [0.3, 0.4) is 0 Å². The van der Waals surface area contributed by atoms with Crippen LogP contribution in [0, 0.1) is 0 Å². The summed E-state index contributed by atoms with van der Waals surface area (Å²) in [6.45, 7) is 1.56. The van der Waals surface area contributed by atoms with Crippen LogP contribution in [-0.4, -0.2) is 45.0 Å². The molecule has 3 aromatic heterocycles. The van der Waals surface area contributed by atoms with E-state index in [9.17, 15) is 9.18 Å². The van der Waals surface area contributed by atoms with Crippen LogP contribution >= 0.6 is 11.3 Å². The van der Waals surface area contributed by atoms with E-state index in [0.717, 1.165) is 22.1 Å². The number of fused-ring (bicyclic) bond motifs is 1. The van der Waals surface area contributed by atoms with Crippen LogP contribution in [0.5, 0.6) is 0 Å². The Bertz CT molecular complexity index is 954. The van der Waals surface area contributed by atoms with Gasteiger partial charge in [0, 0.05) is 18.3 Å². The maximum absolute atomic E-state index is 13.3. The summed E-state index contributed by atoms with van der Waals surface area (Å²) in [5.41, 5.74) is 4.08. The Morgan fingerprint density at radius 2 is 2.19 bits per heavy atom. The quantitative estimate of drug-likeness (QED) is 0.709. The molecule has 26 heavy (non-hydrogen) atoms. The molecule has 5 heterocycles. The van der Waals surface area contributed by atoms with E-state index in [1.165, 1.54) is 16.0 Å². The molecule has 0 aliphatic carbocycles. The minimum absolute atomic E-state index is 0.175. The zero-order chi connectivity index (χ0) is 17.7. The van der Waals surface area contributed by atoms with Gasteiger partial charge < -0.3 is 4.90 Å². The van der Waals surface area contributed by atoms with Crippen molar-refractivity contribution in [2.45, 2.75) is 19.1 Å². The van der Waals surface area contributed by atoms with Crippen molar-refractivity contribution in [1.29, 1.82) is 0 Å². The number of amides is 1. The third kappa shape index (κ3) is 2.47. The van der Waals surface area contributed by atoms with Gasteiger partial charge in [0.05, 0.1) is 36.2 Å². The van der Waals surface area contributed by atoms with Gasteiger partial charge in [0.25, 0.3) is 0 Å². The molecule has 9 heteroatoms. The Morgan fingerprint density at radius 1 is 1.27 bits per heavy atom. The van der Waals surface area contributed by atoms with Gasteiger partial charge in [-0.2, -0.15) is 9.78 Å². The van der Waals surface area contributed by atoms with Gasteiger partial charge in [0.1, 0.15) is 17.0 Å². The van der Waals surface area contributed by atoms with Gasteiger partial charge in [-0.05, 0) is 24.6 Å². The third-order valence-electron chi connectivity index (χ3n) is 4.70.